The molecule has 3 heterocycles. The lowest BCUT2D eigenvalue weighted by atomic mass is 10.0. The van der Waals surface area contributed by atoms with Crippen molar-refractivity contribution in [2.75, 3.05) is 25.0 Å². The van der Waals surface area contributed by atoms with E-state index in [0.717, 1.165) is 37.2 Å². The lowest BCUT2D eigenvalue weighted by molar-refractivity contribution is -0.116. The Balaban J connectivity index is 1.64. The maximum atomic E-state index is 13.2. The van der Waals surface area contributed by atoms with Crippen LogP contribution in [0.1, 0.15) is 31.7 Å². The number of aryl methyl sites for hydroxylation is 1. The molecule has 2 saturated heterocycles. The van der Waals surface area contributed by atoms with Crippen molar-refractivity contribution in [3.63, 3.8) is 0 Å². The van der Waals surface area contributed by atoms with Gasteiger partial charge in [-0.2, -0.15) is 4.31 Å². The highest BCUT2D eigenvalue weighted by Gasteiger charge is 2.40. The van der Waals surface area contributed by atoms with Crippen LogP contribution in [0.15, 0.2) is 23.1 Å². The molecular formula is C17H23N3O3S. The number of sulfonamides is 1. The SMILES string of the molecule is C[C@@H]1CN2CCC[C@@H]2CN1S(=O)(=O)c1ccc2c(c1)CCC(=O)N2. The molecular weight excluding hydrogens is 326 g/mol. The van der Waals surface area contributed by atoms with Crippen LogP contribution in [-0.2, 0) is 21.2 Å². The Labute approximate surface area is 142 Å². The molecule has 2 fully saturated rings. The molecule has 0 bridgehead atoms. The van der Waals surface area contributed by atoms with Crippen molar-refractivity contribution in [2.24, 2.45) is 0 Å². The minimum absolute atomic E-state index is 0.0101. The lowest BCUT2D eigenvalue weighted by Gasteiger charge is -2.41. The average Bonchev–Trinajstić information content (AvgIpc) is 3.00. The molecule has 2 atom stereocenters. The van der Waals surface area contributed by atoms with Gasteiger partial charge in [0.15, 0.2) is 0 Å². The Bertz CT molecular complexity index is 777. The van der Waals surface area contributed by atoms with E-state index in [1.54, 1.807) is 22.5 Å². The van der Waals surface area contributed by atoms with Crippen molar-refractivity contribution in [1.29, 1.82) is 0 Å². The summed E-state index contributed by atoms with van der Waals surface area (Å²) in [6.45, 7) is 4.47. The molecule has 0 spiro atoms. The standard InChI is InChI=1S/C17H23N3O3S/c1-12-10-19-8-2-3-14(19)11-20(12)24(22,23)15-5-6-16-13(9-15)4-7-17(21)18-16/h5-6,9,12,14H,2-4,7-8,10-11H2,1H3,(H,18,21)/t12-,14-/m1/s1. The van der Waals surface area contributed by atoms with E-state index in [9.17, 15) is 13.2 Å². The van der Waals surface area contributed by atoms with Gasteiger partial charge < -0.3 is 5.32 Å². The number of amides is 1. The molecule has 1 aromatic carbocycles. The highest BCUT2D eigenvalue weighted by molar-refractivity contribution is 7.89. The first-order valence-corrected chi connectivity index (χ1v) is 10.1. The van der Waals surface area contributed by atoms with Crippen LogP contribution in [-0.4, -0.2) is 55.2 Å². The molecule has 0 saturated carbocycles. The second-order valence-electron chi connectivity index (χ2n) is 7.08. The van der Waals surface area contributed by atoms with Crippen LogP contribution < -0.4 is 5.32 Å². The fourth-order valence-electron chi connectivity index (χ4n) is 4.15. The number of nitrogens with one attached hydrogen (secondary N) is 1. The molecule has 3 aliphatic rings. The van der Waals surface area contributed by atoms with Crippen LogP contribution in [0, 0.1) is 0 Å². The van der Waals surface area contributed by atoms with Crippen LogP contribution in [0.4, 0.5) is 5.69 Å². The quantitative estimate of drug-likeness (QED) is 0.877. The van der Waals surface area contributed by atoms with Crippen molar-refractivity contribution < 1.29 is 13.2 Å². The predicted molar refractivity (Wildman–Crippen MR) is 91.3 cm³/mol. The summed E-state index contributed by atoms with van der Waals surface area (Å²) < 4.78 is 28.0. The van der Waals surface area contributed by atoms with Crippen molar-refractivity contribution >= 4 is 21.6 Å². The molecule has 0 unspecified atom stereocenters. The number of carbonyl (C=O) groups is 1. The monoisotopic (exact) mass is 349 g/mol. The number of piperazine rings is 1. The highest BCUT2D eigenvalue weighted by atomic mass is 32.2. The number of hydrogen-bond donors (Lipinski definition) is 1. The summed E-state index contributed by atoms with van der Waals surface area (Å²) in [4.78, 5) is 14.2. The molecule has 3 aliphatic heterocycles. The molecule has 0 aliphatic carbocycles. The summed E-state index contributed by atoms with van der Waals surface area (Å²) in [5, 5.41) is 2.80. The van der Waals surface area contributed by atoms with Crippen LogP contribution in [0.25, 0.3) is 0 Å². The Kier molecular flexibility index (Phi) is 3.89. The summed E-state index contributed by atoms with van der Waals surface area (Å²) in [5.41, 5.74) is 1.64. The number of anilines is 1. The Morgan fingerprint density at radius 2 is 2.04 bits per heavy atom. The normalized spacial score (nSPS) is 28.3. The maximum Gasteiger partial charge on any atom is 0.243 e. The summed E-state index contributed by atoms with van der Waals surface area (Å²) in [6, 6.07) is 5.41. The Morgan fingerprint density at radius 1 is 1.21 bits per heavy atom. The van der Waals surface area contributed by atoms with E-state index in [1.165, 1.54) is 0 Å². The van der Waals surface area contributed by atoms with Gasteiger partial charge in [0.1, 0.15) is 0 Å². The number of benzene rings is 1. The highest BCUT2D eigenvalue weighted by Crippen LogP contribution is 2.31. The zero-order chi connectivity index (χ0) is 16.9. The van der Waals surface area contributed by atoms with E-state index in [1.807, 2.05) is 6.92 Å². The van der Waals surface area contributed by atoms with E-state index in [-0.39, 0.29) is 11.9 Å². The molecule has 1 N–H and O–H groups in total. The fraction of sp³-hybridized carbons (Fsp3) is 0.588. The first-order chi connectivity index (χ1) is 11.4. The van der Waals surface area contributed by atoms with E-state index in [0.29, 0.717) is 30.3 Å². The van der Waals surface area contributed by atoms with Crippen molar-refractivity contribution in [3.05, 3.63) is 23.8 Å². The second-order valence-corrected chi connectivity index (χ2v) is 8.97. The van der Waals surface area contributed by atoms with Crippen molar-refractivity contribution in [3.8, 4) is 0 Å². The van der Waals surface area contributed by atoms with E-state index in [2.05, 4.69) is 10.2 Å². The topological polar surface area (TPSA) is 69.7 Å². The van der Waals surface area contributed by atoms with E-state index < -0.39 is 10.0 Å². The van der Waals surface area contributed by atoms with Gasteiger partial charge in [-0.1, -0.05) is 0 Å². The van der Waals surface area contributed by atoms with Gasteiger partial charge in [0.05, 0.1) is 4.90 Å². The first-order valence-electron chi connectivity index (χ1n) is 8.64. The number of carbonyl (C=O) groups excluding carboxylic acids is 1. The smallest absolute Gasteiger partial charge is 0.243 e. The summed E-state index contributed by atoms with van der Waals surface area (Å²) in [7, 11) is -3.50. The van der Waals surface area contributed by atoms with Gasteiger partial charge in [0, 0.05) is 37.3 Å². The first kappa shape index (κ1) is 16.1. The third kappa shape index (κ3) is 2.64. The number of rotatable bonds is 2. The van der Waals surface area contributed by atoms with Gasteiger partial charge >= 0.3 is 0 Å². The molecule has 1 aromatic rings. The molecule has 0 aromatic heterocycles. The third-order valence-electron chi connectivity index (χ3n) is 5.46. The molecule has 6 nitrogen and oxygen atoms in total. The Morgan fingerprint density at radius 3 is 2.88 bits per heavy atom. The van der Waals surface area contributed by atoms with Gasteiger partial charge in [-0.15, -0.1) is 0 Å². The van der Waals surface area contributed by atoms with Crippen LogP contribution >= 0.6 is 0 Å². The molecule has 130 valence electrons. The minimum atomic E-state index is -3.50. The Hall–Kier alpha value is -1.44. The number of fused-ring (bicyclic) bond motifs is 2. The lowest BCUT2D eigenvalue weighted by Crippen LogP contribution is -2.56. The van der Waals surface area contributed by atoms with Gasteiger partial charge in [0.2, 0.25) is 15.9 Å². The van der Waals surface area contributed by atoms with Crippen molar-refractivity contribution in [2.45, 2.75) is 49.6 Å². The van der Waals surface area contributed by atoms with Gasteiger partial charge in [0.25, 0.3) is 0 Å². The van der Waals surface area contributed by atoms with E-state index in [4.69, 9.17) is 0 Å². The third-order valence-corrected chi connectivity index (χ3v) is 7.43. The van der Waals surface area contributed by atoms with Crippen LogP contribution in [0.5, 0.6) is 0 Å². The largest absolute Gasteiger partial charge is 0.326 e. The number of hydrogen-bond acceptors (Lipinski definition) is 4. The predicted octanol–water partition coefficient (Wildman–Crippen LogP) is 1.43. The van der Waals surface area contributed by atoms with Gasteiger partial charge in [-0.05, 0) is 56.5 Å². The molecule has 7 heteroatoms. The molecule has 1 amide bonds. The van der Waals surface area contributed by atoms with E-state index >= 15 is 0 Å². The summed E-state index contributed by atoms with van der Waals surface area (Å²) in [6.07, 6.45) is 3.24. The van der Waals surface area contributed by atoms with Crippen LogP contribution in [0.3, 0.4) is 0 Å². The van der Waals surface area contributed by atoms with Crippen LogP contribution in [0.2, 0.25) is 0 Å². The van der Waals surface area contributed by atoms with Gasteiger partial charge in [-0.3, -0.25) is 9.69 Å². The molecule has 0 radical (unpaired) electrons. The number of nitrogens with zero attached hydrogens (tertiary/aromatic N) is 2. The zero-order valence-corrected chi connectivity index (χ0v) is 14.7. The van der Waals surface area contributed by atoms with Gasteiger partial charge in [-0.25, -0.2) is 8.42 Å². The fourth-order valence-corrected chi connectivity index (χ4v) is 5.86. The summed E-state index contributed by atoms with van der Waals surface area (Å²) in [5.74, 6) is -0.0101. The summed E-state index contributed by atoms with van der Waals surface area (Å²) >= 11 is 0. The minimum Gasteiger partial charge on any atom is -0.326 e. The molecule has 24 heavy (non-hydrogen) atoms. The average molecular weight is 349 g/mol. The maximum absolute atomic E-state index is 13.2. The zero-order valence-electron chi connectivity index (χ0n) is 13.9. The second kappa shape index (κ2) is 5.82. The van der Waals surface area contributed by atoms with Crippen molar-refractivity contribution in [1.82, 2.24) is 9.21 Å². The molecule has 4 rings (SSSR count).